The van der Waals surface area contributed by atoms with E-state index in [1.165, 1.54) is 0 Å². The highest BCUT2D eigenvalue weighted by molar-refractivity contribution is 6.31. The second-order valence-corrected chi connectivity index (χ2v) is 6.77. The minimum absolute atomic E-state index is 0.134. The van der Waals surface area contributed by atoms with Crippen molar-refractivity contribution in [2.24, 2.45) is 0 Å². The predicted molar refractivity (Wildman–Crippen MR) is 90.0 cm³/mol. The molecule has 1 atom stereocenters. The molecule has 1 unspecified atom stereocenters. The first-order chi connectivity index (χ1) is 11.6. The number of aryl methyl sites for hydroxylation is 1. The Kier molecular flexibility index (Phi) is 4.02. The smallest absolute Gasteiger partial charge is 0.243 e. The zero-order valence-corrected chi connectivity index (χ0v) is 14.5. The monoisotopic (exact) mass is 346 g/mol. The number of oxazole rings is 1. The molecule has 1 aliphatic rings. The lowest BCUT2D eigenvalue weighted by atomic mass is 9.96. The van der Waals surface area contributed by atoms with Gasteiger partial charge in [-0.3, -0.25) is 4.90 Å². The van der Waals surface area contributed by atoms with Crippen LogP contribution in [0.5, 0.6) is 0 Å². The van der Waals surface area contributed by atoms with E-state index in [1.54, 1.807) is 0 Å². The Morgan fingerprint density at radius 3 is 2.75 bits per heavy atom. The van der Waals surface area contributed by atoms with E-state index in [-0.39, 0.29) is 6.04 Å². The van der Waals surface area contributed by atoms with Gasteiger partial charge in [0.2, 0.25) is 5.89 Å². The van der Waals surface area contributed by atoms with Crippen LogP contribution in [-0.4, -0.2) is 33.1 Å². The molecule has 0 N–H and O–H groups in total. The van der Waals surface area contributed by atoms with Crippen LogP contribution in [0.3, 0.4) is 0 Å². The lowest BCUT2D eigenvalue weighted by Crippen LogP contribution is -2.35. The van der Waals surface area contributed by atoms with Gasteiger partial charge in [-0.2, -0.15) is 4.98 Å². The summed E-state index contributed by atoms with van der Waals surface area (Å²) in [5, 5.41) is 4.56. The van der Waals surface area contributed by atoms with E-state index in [0.717, 1.165) is 42.9 Å². The number of hydrogen-bond donors (Lipinski definition) is 0. The highest BCUT2D eigenvalue weighted by Crippen LogP contribution is 2.33. The zero-order chi connectivity index (χ0) is 16.7. The van der Waals surface area contributed by atoms with Crippen LogP contribution in [0.25, 0.3) is 11.1 Å². The molecule has 126 valence electrons. The molecule has 6 nitrogen and oxygen atoms in total. The van der Waals surface area contributed by atoms with Gasteiger partial charge in [-0.25, -0.2) is 4.98 Å². The van der Waals surface area contributed by atoms with Crippen LogP contribution < -0.4 is 0 Å². The number of benzene rings is 1. The van der Waals surface area contributed by atoms with Gasteiger partial charge in [0.1, 0.15) is 5.52 Å². The third-order valence-electron chi connectivity index (χ3n) is 4.69. The quantitative estimate of drug-likeness (QED) is 0.710. The Hall–Kier alpha value is -1.92. The van der Waals surface area contributed by atoms with Crippen molar-refractivity contribution in [3.8, 4) is 0 Å². The van der Waals surface area contributed by atoms with Crippen molar-refractivity contribution in [3.63, 3.8) is 0 Å². The third kappa shape index (κ3) is 2.91. The van der Waals surface area contributed by atoms with Crippen LogP contribution in [0, 0.1) is 6.92 Å². The van der Waals surface area contributed by atoms with E-state index in [9.17, 15) is 0 Å². The molecule has 0 spiro atoms. The molecule has 2 aromatic heterocycles. The van der Waals surface area contributed by atoms with E-state index >= 15 is 0 Å². The van der Waals surface area contributed by atoms with Crippen molar-refractivity contribution in [1.82, 2.24) is 20.0 Å². The molecular weight excluding hydrogens is 328 g/mol. The molecule has 0 aliphatic carbocycles. The highest BCUT2D eigenvalue weighted by atomic mass is 35.5. The van der Waals surface area contributed by atoms with E-state index in [4.69, 9.17) is 20.5 Å². The fourth-order valence-corrected chi connectivity index (χ4v) is 3.43. The SMILES string of the molecule is Cc1noc(C(C)N2CCC(c3nc4cc(Cl)ccc4o3)CC2)n1. The Morgan fingerprint density at radius 2 is 2.04 bits per heavy atom. The third-order valence-corrected chi connectivity index (χ3v) is 4.93. The summed E-state index contributed by atoms with van der Waals surface area (Å²) >= 11 is 6.02. The van der Waals surface area contributed by atoms with Gasteiger partial charge in [-0.1, -0.05) is 16.8 Å². The van der Waals surface area contributed by atoms with Gasteiger partial charge in [0.25, 0.3) is 0 Å². The maximum atomic E-state index is 6.02. The molecule has 1 aliphatic heterocycles. The Morgan fingerprint density at radius 1 is 1.25 bits per heavy atom. The highest BCUT2D eigenvalue weighted by Gasteiger charge is 2.29. The van der Waals surface area contributed by atoms with Crippen molar-refractivity contribution in [2.75, 3.05) is 13.1 Å². The maximum Gasteiger partial charge on any atom is 0.243 e. The number of piperidine rings is 1. The van der Waals surface area contributed by atoms with Crippen LogP contribution in [0.4, 0.5) is 0 Å². The molecule has 0 radical (unpaired) electrons. The first-order valence-corrected chi connectivity index (χ1v) is 8.58. The number of nitrogens with zero attached hydrogens (tertiary/aromatic N) is 4. The Balaban J connectivity index is 1.45. The largest absolute Gasteiger partial charge is 0.440 e. The summed E-state index contributed by atoms with van der Waals surface area (Å²) in [6, 6.07) is 5.69. The number of fused-ring (bicyclic) bond motifs is 1. The molecule has 3 heterocycles. The number of hydrogen-bond acceptors (Lipinski definition) is 6. The summed E-state index contributed by atoms with van der Waals surface area (Å²) in [6.07, 6.45) is 2.00. The number of rotatable bonds is 3. The van der Waals surface area contributed by atoms with Crippen molar-refractivity contribution < 1.29 is 8.94 Å². The maximum absolute atomic E-state index is 6.02. The topological polar surface area (TPSA) is 68.2 Å². The van der Waals surface area contributed by atoms with Crippen LogP contribution in [-0.2, 0) is 0 Å². The molecule has 0 amide bonds. The first kappa shape index (κ1) is 15.6. The van der Waals surface area contributed by atoms with Crippen LogP contribution in [0.2, 0.25) is 5.02 Å². The van der Waals surface area contributed by atoms with Gasteiger partial charge >= 0.3 is 0 Å². The van der Waals surface area contributed by atoms with E-state index in [0.29, 0.717) is 22.7 Å². The van der Waals surface area contributed by atoms with Gasteiger partial charge in [0.05, 0.1) is 6.04 Å². The molecule has 0 bridgehead atoms. The van der Waals surface area contributed by atoms with Crippen LogP contribution in [0.1, 0.15) is 49.3 Å². The number of likely N-dealkylation sites (tertiary alicyclic amines) is 1. The van der Waals surface area contributed by atoms with E-state index < -0.39 is 0 Å². The fraction of sp³-hybridized carbons (Fsp3) is 0.471. The summed E-state index contributed by atoms with van der Waals surface area (Å²) < 4.78 is 11.2. The van der Waals surface area contributed by atoms with Crippen molar-refractivity contribution in [1.29, 1.82) is 0 Å². The average Bonchev–Trinajstić information content (AvgIpc) is 3.20. The molecule has 24 heavy (non-hydrogen) atoms. The summed E-state index contributed by atoms with van der Waals surface area (Å²) in [6.45, 7) is 5.85. The normalized spacial score (nSPS) is 18.3. The van der Waals surface area contributed by atoms with Crippen LogP contribution >= 0.6 is 11.6 Å². The lowest BCUT2D eigenvalue weighted by molar-refractivity contribution is 0.131. The van der Waals surface area contributed by atoms with E-state index in [2.05, 4.69) is 26.9 Å². The summed E-state index contributed by atoms with van der Waals surface area (Å²) in [5.74, 6) is 2.51. The average molecular weight is 347 g/mol. The predicted octanol–water partition coefficient (Wildman–Crippen LogP) is 4.11. The Bertz CT molecular complexity index is 851. The number of halogens is 1. The summed E-state index contributed by atoms with van der Waals surface area (Å²) in [7, 11) is 0. The van der Waals surface area contributed by atoms with Gasteiger partial charge in [-0.15, -0.1) is 0 Å². The molecule has 1 saturated heterocycles. The first-order valence-electron chi connectivity index (χ1n) is 8.20. The van der Waals surface area contributed by atoms with Crippen LogP contribution in [0.15, 0.2) is 27.1 Å². The van der Waals surface area contributed by atoms with Gasteiger partial charge in [-0.05, 0) is 58.0 Å². The standard InChI is InChI=1S/C17H19ClN4O2/c1-10(16-19-11(2)21-24-16)22-7-5-12(6-8-22)17-20-14-9-13(18)3-4-15(14)23-17/h3-4,9-10,12H,5-8H2,1-2H3. The Labute approximate surface area is 144 Å². The second kappa shape index (κ2) is 6.18. The molecule has 1 aromatic carbocycles. The molecule has 4 rings (SSSR count). The van der Waals surface area contributed by atoms with Gasteiger partial charge in [0.15, 0.2) is 17.3 Å². The minimum atomic E-state index is 0.134. The number of aromatic nitrogens is 3. The molecule has 7 heteroatoms. The zero-order valence-electron chi connectivity index (χ0n) is 13.7. The lowest BCUT2D eigenvalue weighted by Gasteiger charge is -2.33. The molecule has 3 aromatic rings. The van der Waals surface area contributed by atoms with Crippen molar-refractivity contribution in [3.05, 3.63) is 40.8 Å². The fourth-order valence-electron chi connectivity index (χ4n) is 3.27. The van der Waals surface area contributed by atoms with Crippen molar-refractivity contribution >= 4 is 22.7 Å². The molecular formula is C17H19ClN4O2. The van der Waals surface area contributed by atoms with Gasteiger partial charge in [0, 0.05) is 10.9 Å². The molecule has 1 fully saturated rings. The minimum Gasteiger partial charge on any atom is -0.440 e. The summed E-state index contributed by atoms with van der Waals surface area (Å²) in [5.41, 5.74) is 1.63. The molecule has 0 saturated carbocycles. The van der Waals surface area contributed by atoms with E-state index in [1.807, 2.05) is 25.1 Å². The van der Waals surface area contributed by atoms with Crippen molar-refractivity contribution in [2.45, 2.75) is 38.6 Å². The van der Waals surface area contributed by atoms with Gasteiger partial charge < -0.3 is 8.94 Å². The summed E-state index contributed by atoms with van der Waals surface area (Å²) in [4.78, 5) is 11.3. The second-order valence-electron chi connectivity index (χ2n) is 6.33.